The minimum Gasteiger partial charge on any atom is -0.0984 e. The van der Waals surface area contributed by atoms with Crippen molar-refractivity contribution in [1.82, 2.24) is 0 Å². The molecule has 1 aromatic rings. The van der Waals surface area contributed by atoms with Crippen LogP contribution >= 0.6 is 0 Å². The lowest BCUT2D eigenvalue weighted by Gasteiger charge is -2.05. The Morgan fingerprint density at radius 1 is 0.923 bits per heavy atom. The molecule has 0 saturated carbocycles. The predicted octanol–water partition coefficient (Wildman–Crippen LogP) is 3.46. The molecule has 0 radical (unpaired) electrons. The zero-order valence-corrected chi connectivity index (χ0v) is 7.84. The van der Waals surface area contributed by atoms with Crippen molar-refractivity contribution < 1.29 is 0 Å². The van der Waals surface area contributed by atoms with Gasteiger partial charge in [0.25, 0.3) is 0 Å². The molecule has 0 heteroatoms. The molecule has 1 aliphatic carbocycles. The molecule has 0 aromatic heterocycles. The van der Waals surface area contributed by atoms with Crippen LogP contribution in [0.1, 0.15) is 28.7 Å². The van der Waals surface area contributed by atoms with Crippen molar-refractivity contribution in [2.75, 3.05) is 0 Å². The molecule has 0 amide bonds. The van der Waals surface area contributed by atoms with Gasteiger partial charge in [-0.2, -0.15) is 0 Å². The highest BCUT2D eigenvalue weighted by Gasteiger charge is 2.11. The van der Waals surface area contributed by atoms with Gasteiger partial charge in [-0.3, -0.25) is 0 Å². The fourth-order valence-electron chi connectivity index (χ4n) is 2.02. The second kappa shape index (κ2) is 3.21. The molecule has 0 N–H and O–H groups in total. The van der Waals surface area contributed by atoms with Gasteiger partial charge < -0.3 is 0 Å². The molecule has 0 atom stereocenters. The molecule has 0 unspecified atom stereocenters. The maximum absolute atomic E-state index is 3.82. The van der Waals surface area contributed by atoms with E-state index in [1.54, 1.807) is 0 Å². The summed E-state index contributed by atoms with van der Waals surface area (Å²) in [5.74, 6) is 0. The highest BCUT2D eigenvalue weighted by molar-refractivity contribution is 5.66. The third-order valence-electron chi connectivity index (χ3n) is 2.74. The number of rotatable bonds is 2. The summed E-state index contributed by atoms with van der Waals surface area (Å²) < 4.78 is 0. The van der Waals surface area contributed by atoms with E-state index in [1.807, 2.05) is 12.2 Å². The van der Waals surface area contributed by atoms with E-state index in [0.29, 0.717) is 0 Å². The fraction of sp³-hybridized carbons (Fsp3) is 0.231. The Balaban J connectivity index is 2.59. The molecule has 13 heavy (non-hydrogen) atoms. The Kier molecular flexibility index (Phi) is 2.05. The minimum atomic E-state index is 1.22. The number of hydrogen-bond acceptors (Lipinski definition) is 0. The van der Waals surface area contributed by atoms with Gasteiger partial charge in [0.05, 0.1) is 0 Å². The fourth-order valence-corrected chi connectivity index (χ4v) is 2.02. The van der Waals surface area contributed by atoms with Gasteiger partial charge in [0.15, 0.2) is 0 Å². The van der Waals surface area contributed by atoms with Crippen LogP contribution in [0.2, 0.25) is 0 Å². The summed E-state index contributed by atoms with van der Waals surface area (Å²) in [6, 6.07) is 4.51. The molecule has 0 fully saturated rings. The van der Waals surface area contributed by atoms with E-state index >= 15 is 0 Å². The van der Waals surface area contributed by atoms with E-state index in [2.05, 4.69) is 25.3 Å². The standard InChI is InChI=1S/C13H14/c1-3-10-8-12-6-5-7-13(12)9-11(10)4-2/h3-4,8-9H,1-2,5-7H2. The minimum absolute atomic E-state index is 1.22. The van der Waals surface area contributed by atoms with E-state index in [1.165, 1.54) is 41.5 Å². The first-order chi connectivity index (χ1) is 6.35. The lowest BCUT2D eigenvalue weighted by molar-refractivity contribution is 0.911. The van der Waals surface area contributed by atoms with Gasteiger partial charge in [-0.1, -0.05) is 37.4 Å². The highest BCUT2D eigenvalue weighted by Crippen LogP contribution is 2.26. The van der Waals surface area contributed by atoms with Crippen molar-refractivity contribution in [3.05, 3.63) is 47.5 Å². The van der Waals surface area contributed by atoms with Crippen LogP contribution in [0.3, 0.4) is 0 Å². The normalized spacial score (nSPS) is 13.8. The van der Waals surface area contributed by atoms with Gasteiger partial charge in [-0.15, -0.1) is 0 Å². The lowest BCUT2D eigenvalue weighted by Crippen LogP contribution is -1.87. The van der Waals surface area contributed by atoms with Crippen LogP contribution in [0.4, 0.5) is 0 Å². The summed E-state index contributed by atoms with van der Waals surface area (Å²) in [6.45, 7) is 7.63. The lowest BCUT2D eigenvalue weighted by atomic mass is 10.00. The Morgan fingerprint density at radius 2 is 1.38 bits per heavy atom. The SMILES string of the molecule is C=Cc1cc2c(cc1C=C)CCC2. The Hall–Kier alpha value is -1.30. The first kappa shape index (κ1) is 8.31. The summed E-state index contributed by atoms with van der Waals surface area (Å²) in [7, 11) is 0. The van der Waals surface area contributed by atoms with Gasteiger partial charge in [0.2, 0.25) is 0 Å². The van der Waals surface area contributed by atoms with Crippen molar-refractivity contribution in [3.63, 3.8) is 0 Å². The quantitative estimate of drug-likeness (QED) is 0.637. The summed E-state index contributed by atoms with van der Waals surface area (Å²) in [6.07, 6.45) is 7.58. The Bertz CT molecular complexity index is 324. The molecular weight excluding hydrogens is 156 g/mol. The van der Waals surface area contributed by atoms with E-state index in [0.717, 1.165) is 0 Å². The molecule has 0 nitrogen and oxygen atoms in total. The molecular formula is C13H14. The second-order valence-electron chi connectivity index (χ2n) is 3.51. The van der Waals surface area contributed by atoms with E-state index in [-0.39, 0.29) is 0 Å². The van der Waals surface area contributed by atoms with Crippen molar-refractivity contribution in [2.45, 2.75) is 19.3 Å². The topological polar surface area (TPSA) is 0 Å². The molecule has 0 spiro atoms. The number of benzene rings is 1. The van der Waals surface area contributed by atoms with Crippen molar-refractivity contribution >= 4 is 12.2 Å². The van der Waals surface area contributed by atoms with Crippen LogP contribution in [0.15, 0.2) is 25.3 Å². The summed E-state index contributed by atoms with van der Waals surface area (Å²) >= 11 is 0. The molecule has 0 bridgehead atoms. The Morgan fingerprint density at radius 3 is 1.77 bits per heavy atom. The van der Waals surface area contributed by atoms with Crippen LogP contribution in [0.5, 0.6) is 0 Å². The molecule has 1 aliphatic rings. The maximum atomic E-state index is 3.82. The largest absolute Gasteiger partial charge is 0.0984 e. The smallest absolute Gasteiger partial charge is 0.0187 e. The van der Waals surface area contributed by atoms with Crippen molar-refractivity contribution in [3.8, 4) is 0 Å². The summed E-state index contributed by atoms with van der Waals surface area (Å²) in [4.78, 5) is 0. The van der Waals surface area contributed by atoms with Gasteiger partial charge >= 0.3 is 0 Å². The van der Waals surface area contributed by atoms with Crippen LogP contribution in [-0.4, -0.2) is 0 Å². The summed E-state index contributed by atoms with van der Waals surface area (Å²) in [5.41, 5.74) is 5.44. The molecule has 2 rings (SSSR count). The van der Waals surface area contributed by atoms with E-state index < -0.39 is 0 Å². The molecule has 0 saturated heterocycles. The molecule has 0 aliphatic heterocycles. The van der Waals surface area contributed by atoms with Gasteiger partial charge in [-0.05, 0) is 41.5 Å². The second-order valence-corrected chi connectivity index (χ2v) is 3.51. The van der Waals surface area contributed by atoms with E-state index in [4.69, 9.17) is 0 Å². The number of aryl methyl sites for hydroxylation is 2. The van der Waals surface area contributed by atoms with Crippen LogP contribution in [-0.2, 0) is 12.8 Å². The van der Waals surface area contributed by atoms with Gasteiger partial charge in [0, 0.05) is 0 Å². The average molecular weight is 170 g/mol. The van der Waals surface area contributed by atoms with Crippen LogP contribution in [0, 0.1) is 0 Å². The third-order valence-corrected chi connectivity index (χ3v) is 2.74. The third kappa shape index (κ3) is 1.33. The predicted molar refractivity (Wildman–Crippen MR) is 58.6 cm³/mol. The maximum Gasteiger partial charge on any atom is -0.0187 e. The number of hydrogen-bond donors (Lipinski definition) is 0. The van der Waals surface area contributed by atoms with Crippen molar-refractivity contribution in [1.29, 1.82) is 0 Å². The van der Waals surface area contributed by atoms with Gasteiger partial charge in [0.1, 0.15) is 0 Å². The Labute approximate surface area is 79.6 Å². The highest BCUT2D eigenvalue weighted by atomic mass is 14.2. The molecule has 0 heterocycles. The van der Waals surface area contributed by atoms with Crippen LogP contribution < -0.4 is 0 Å². The summed E-state index contributed by atoms with van der Waals surface area (Å²) in [5, 5.41) is 0. The monoisotopic (exact) mass is 170 g/mol. The zero-order chi connectivity index (χ0) is 9.26. The number of fused-ring (bicyclic) bond motifs is 1. The average Bonchev–Trinajstić information content (AvgIpc) is 2.62. The van der Waals surface area contributed by atoms with E-state index in [9.17, 15) is 0 Å². The molecule has 1 aromatic carbocycles. The first-order valence-electron chi connectivity index (χ1n) is 4.76. The first-order valence-corrected chi connectivity index (χ1v) is 4.76. The van der Waals surface area contributed by atoms with Gasteiger partial charge in [-0.25, -0.2) is 0 Å². The van der Waals surface area contributed by atoms with Crippen molar-refractivity contribution in [2.24, 2.45) is 0 Å². The zero-order valence-electron chi connectivity index (χ0n) is 7.84. The van der Waals surface area contributed by atoms with Crippen LogP contribution in [0.25, 0.3) is 12.2 Å². The molecule has 66 valence electrons.